The van der Waals surface area contributed by atoms with Crippen molar-refractivity contribution < 1.29 is 21.5 Å². The summed E-state index contributed by atoms with van der Waals surface area (Å²) in [4.78, 5) is 2.11. The van der Waals surface area contributed by atoms with Crippen molar-refractivity contribution in [1.29, 1.82) is 0 Å². The van der Waals surface area contributed by atoms with Crippen LogP contribution >= 0.6 is 0 Å². The molecule has 0 aliphatic heterocycles. The Labute approximate surface area is 66.0 Å². The van der Waals surface area contributed by atoms with Crippen molar-refractivity contribution in [2.45, 2.75) is 6.92 Å². The number of nitrogens with one attached hydrogen (secondary N) is 2. The van der Waals surface area contributed by atoms with Crippen LogP contribution in [0.3, 0.4) is 0 Å². The van der Waals surface area contributed by atoms with Gasteiger partial charge in [-0.05, 0) is 0 Å². The molecule has 0 aliphatic rings. The monoisotopic (exact) mass is 243 g/mol. The van der Waals surface area contributed by atoms with Crippen LogP contribution < -0.4 is 38.4 Å². The van der Waals surface area contributed by atoms with Gasteiger partial charge in [-0.1, -0.05) is 0 Å². The summed E-state index contributed by atoms with van der Waals surface area (Å²) in [5.74, 6) is 5.02. The minimum absolute atomic E-state index is 0.0250. The zero-order chi connectivity index (χ0) is 7.28. The van der Waals surface area contributed by atoms with Gasteiger partial charge >= 0.3 is 65.7 Å². The van der Waals surface area contributed by atoms with Crippen molar-refractivity contribution in [3.05, 3.63) is 12.3 Å². The van der Waals surface area contributed by atoms with Crippen molar-refractivity contribution in [3.8, 4) is 0 Å². The van der Waals surface area contributed by atoms with Crippen LogP contribution in [0.4, 0.5) is 0 Å². The summed E-state index contributed by atoms with van der Waals surface area (Å²) >= 11 is -0.0250. The topological polar surface area (TPSA) is 53.3 Å². The molecule has 0 amide bonds. The van der Waals surface area contributed by atoms with Gasteiger partial charge in [-0.3, -0.25) is 0 Å². The summed E-state index contributed by atoms with van der Waals surface area (Å²) in [6.45, 7) is 5.66. The average molecular weight is 243 g/mol. The summed E-state index contributed by atoms with van der Waals surface area (Å²) in [5, 5.41) is 0. The van der Waals surface area contributed by atoms with E-state index in [2.05, 4.69) is 22.6 Å². The third kappa shape index (κ3) is 3.68. The van der Waals surface area contributed by atoms with Crippen molar-refractivity contribution in [3.63, 3.8) is 0 Å². The van der Waals surface area contributed by atoms with Gasteiger partial charge in [0.25, 0.3) is 0 Å². The van der Waals surface area contributed by atoms with E-state index in [9.17, 15) is 0 Å². The van der Waals surface area contributed by atoms with Gasteiger partial charge in [-0.15, -0.1) is 0 Å². The Balaban J connectivity index is 3.54. The molecule has 0 radical (unpaired) electrons. The first kappa shape index (κ1) is 9.15. The molecule has 4 nitrogen and oxygen atoms in total. The molecule has 0 aromatic heterocycles. The van der Waals surface area contributed by atoms with Crippen molar-refractivity contribution in [2.75, 3.05) is 4.93 Å². The second-order valence-electron chi connectivity index (χ2n) is 1.44. The van der Waals surface area contributed by atoms with Crippen LogP contribution in [-0.4, -0.2) is 8.15 Å². The van der Waals surface area contributed by atoms with Gasteiger partial charge in [0.2, 0.25) is 0 Å². The molecule has 0 saturated heterocycles. The van der Waals surface area contributed by atoms with Crippen LogP contribution in [0, 0.1) is 0 Å². The molecule has 0 rings (SSSR count). The molecule has 0 atom stereocenters. The summed E-state index contributed by atoms with van der Waals surface area (Å²) in [6.07, 6.45) is 0. The number of rotatable bonds is 4. The Hall–Kier alpha value is 0.150. The van der Waals surface area contributed by atoms with Crippen LogP contribution in [0.2, 0.25) is 0 Å². The third-order valence-electron chi connectivity index (χ3n) is 0.667. The molecule has 0 heterocycles. The number of nitrogens with two attached hydrogens (primary N) is 1. The standard InChI is InChI=1S/C4H12IN4/c1-4(2)9(5-3)8-7-6/h7-8H,1,6H2,2-3H3/q-1. The number of hydrogen-bond acceptors (Lipinski definition) is 4. The second kappa shape index (κ2) is 4.98. The van der Waals surface area contributed by atoms with Crippen molar-refractivity contribution in [2.24, 2.45) is 5.84 Å². The zero-order valence-electron chi connectivity index (χ0n) is 5.61. The Morgan fingerprint density at radius 2 is 2.33 bits per heavy atom. The summed E-state index contributed by atoms with van der Waals surface area (Å²) in [7, 11) is 0. The normalized spacial score (nSPS) is 9.67. The van der Waals surface area contributed by atoms with Gasteiger partial charge in [0.15, 0.2) is 0 Å². The quantitative estimate of drug-likeness (QED) is 0.157. The van der Waals surface area contributed by atoms with E-state index in [0.717, 1.165) is 5.70 Å². The van der Waals surface area contributed by atoms with Gasteiger partial charge in [0, 0.05) is 0 Å². The van der Waals surface area contributed by atoms with E-state index in [4.69, 9.17) is 5.84 Å². The van der Waals surface area contributed by atoms with Crippen LogP contribution in [0.5, 0.6) is 0 Å². The first-order chi connectivity index (χ1) is 4.22. The molecule has 0 aromatic carbocycles. The van der Waals surface area contributed by atoms with Crippen LogP contribution in [0.1, 0.15) is 6.92 Å². The third-order valence-corrected chi connectivity index (χ3v) is 2.70. The molecule has 0 spiro atoms. The van der Waals surface area contributed by atoms with Crippen LogP contribution in [-0.2, 0) is 0 Å². The molecular formula is C4H12IN4-. The summed E-state index contributed by atoms with van der Waals surface area (Å²) < 4.78 is 1.90. The van der Waals surface area contributed by atoms with Gasteiger partial charge in [0.1, 0.15) is 0 Å². The number of nitrogens with zero attached hydrogens (tertiary/aromatic N) is 1. The zero-order valence-corrected chi connectivity index (χ0v) is 7.77. The maximum atomic E-state index is 5.02. The molecule has 0 bridgehead atoms. The molecule has 9 heavy (non-hydrogen) atoms. The number of alkyl halides is 1. The molecule has 0 unspecified atom stereocenters. The van der Waals surface area contributed by atoms with E-state index >= 15 is 0 Å². The van der Waals surface area contributed by atoms with E-state index < -0.39 is 0 Å². The fourth-order valence-corrected chi connectivity index (χ4v) is 1.54. The average Bonchev–Trinajstić information content (AvgIpc) is 1.82. The number of hydrogen-bond donors (Lipinski definition) is 3. The molecule has 56 valence electrons. The van der Waals surface area contributed by atoms with Crippen LogP contribution in [0.15, 0.2) is 12.3 Å². The minimum atomic E-state index is -0.0250. The molecule has 0 saturated carbocycles. The van der Waals surface area contributed by atoms with E-state index in [1.165, 1.54) is 0 Å². The second-order valence-corrected chi connectivity index (χ2v) is 3.37. The fraction of sp³-hybridized carbons (Fsp3) is 0.500. The molecule has 4 N–H and O–H groups in total. The number of hydrazine groups is 3. The van der Waals surface area contributed by atoms with Crippen molar-refractivity contribution in [1.82, 2.24) is 14.3 Å². The Morgan fingerprint density at radius 1 is 1.78 bits per heavy atom. The molecule has 0 aromatic rings. The maximum absolute atomic E-state index is 5.02. The first-order valence-corrected chi connectivity index (χ1v) is 5.51. The number of halogens is 1. The van der Waals surface area contributed by atoms with Crippen LogP contribution in [0.25, 0.3) is 0 Å². The molecule has 5 heteroatoms. The van der Waals surface area contributed by atoms with Gasteiger partial charge in [-0.2, -0.15) is 0 Å². The molecule has 0 aliphatic carbocycles. The predicted molar refractivity (Wildman–Crippen MR) is 33.0 cm³/mol. The van der Waals surface area contributed by atoms with Gasteiger partial charge in [0.05, 0.1) is 0 Å². The van der Waals surface area contributed by atoms with Gasteiger partial charge in [-0.25, -0.2) is 0 Å². The SMILES string of the molecule is C=C(C)N(NNN)[I-]C. The van der Waals surface area contributed by atoms with Crippen molar-refractivity contribution >= 4 is 0 Å². The predicted octanol–water partition coefficient (Wildman–Crippen LogP) is -3.66. The van der Waals surface area contributed by atoms with Gasteiger partial charge < -0.3 is 0 Å². The van der Waals surface area contributed by atoms with E-state index in [-0.39, 0.29) is 21.5 Å². The summed E-state index contributed by atoms with van der Waals surface area (Å²) in [6, 6.07) is 0. The Kier molecular flexibility index (Phi) is 5.06. The Morgan fingerprint density at radius 3 is 2.44 bits per heavy atom. The molecular weight excluding hydrogens is 231 g/mol. The number of allylic oxidation sites excluding steroid dienone is 1. The summed E-state index contributed by atoms with van der Waals surface area (Å²) in [5.41, 5.74) is 6.06. The first-order valence-electron chi connectivity index (χ1n) is 2.39. The van der Waals surface area contributed by atoms with E-state index in [1.807, 2.05) is 10.1 Å². The van der Waals surface area contributed by atoms with E-state index in [0.29, 0.717) is 0 Å². The van der Waals surface area contributed by atoms with E-state index in [1.54, 1.807) is 0 Å². The fourth-order valence-electron chi connectivity index (χ4n) is 0.339. The Bertz CT molecular complexity index is 94.6. The molecule has 0 fully saturated rings.